The molecule has 0 saturated carbocycles. The fourth-order valence-corrected chi connectivity index (χ4v) is 3.09. The minimum Gasteiger partial charge on any atom is -0.359 e. The normalized spacial score (nSPS) is 20.0. The van der Waals surface area contributed by atoms with E-state index < -0.39 is 11.6 Å². The predicted molar refractivity (Wildman–Crippen MR) is 79.2 cm³/mol. The molecule has 0 radical (unpaired) electrons. The van der Waals surface area contributed by atoms with Crippen LogP contribution < -0.4 is 0 Å². The Hall–Kier alpha value is -1.75. The van der Waals surface area contributed by atoms with E-state index in [4.69, 9.17) is 4.52 Å². The van der Waals surface area contributed by atoms with Crippen molar-refractivity contribution in [2.45, 2.75) is 45.2 Å². The van der Waals surface area contributed by atoms with Crippen LogP contribution in [-0.2, 0) is 6.54 Å². The lowest BCUT2D eigenvalue weighted by atomic mass is 10.1. The van der Waals surface area contributed by atoms with E-state index in [1.54, 1.807) is 6.07 Å². The monoisotopic (exact) mass is 306 g/mol. The molecule has 0 unspecified atom stereocenters. The second kappa shape index (κ2) is 6.57. The van der Waals surface area contributed by atoms with Gasteiger partial charge in [-0.2, -0.15) is 0 Å². The van der Waals surface area contributed by atoms with E-state index in [-0.39, 0.29) is 6.04 Å². The number of halogens is 2. The molecule has 0 N–H and O–H groups in total. The van der Waals surface area contributed by atoms with Crippen LogP contribution in [0.15, 0.2) is 28.8 Å². The fraction of sp³-hybridized carbons (Fsp3) is 0.471. The zero-order valence-corrected chi connectivity index (χ0v) is 12.7. The van der Waals surface area contributed by atoms with Gasteiger partial charge in [0.1, 0.15) is 0 Å². The first-order valence-electron chi connectivity index (χ1n) is 7.74. The summed E-state index contributed by atoms with van der Waals surface area (Å²) in [6.07, 6.45) is 4.42. The van der Waals surface area contributed by atoms with Gasteiger partial charge in [-0.1, -0.05) is 24.1 Å². The molecular formula is C17H20F2N2O. The highest BCUT2D eigenvalue weighted by Crippen LogP contribution is 2.31. The maximum absolute atomic E-state index is 13.4. The van der Waals surface area contributed by atoms with Crippen LogP contribution in [0.25, 0.3) is 0 Å². The standard InChI is InChI=1S/C17H20F2N2O/c1-12-9-17(22-20-12)16-5-3-2-4-8-21(16)11-13-6-7-14(18)15(19)10-13/h6-7,9-10,16H,2-5,8,11H2,1H3/t16-/m1/s1. The zero-order chi connectivity index (χ0) is 15.5. The number of rotatable bonds is 3. The summed E-state index contributed by atoms with van der Waals surface area (Å²) in [7, 11) is 0. The van der Waals surface area contributed by atoms with E-state index in [1.807, 2.05) is 13.0 Å². The topological polar surface area (TPSA) is 29.3 Å². The van der Waals surface area contributed by atoms with Gasteiger partial charge < -0.3 is 4.52 Å². The molecule has 1 aliphatic rings. The molecule has 0 aliphatic carbocycles. The average Bonchev–Trinajstić information content (AvgIpc) is 2.79. The van der Waals surface area contributed by atoms with Crippen molar-refractivity contribution in [3.63, 3.8) is 0 Å². The summed E-state index contributed by atoms with van der Waals surface area (Å²) in [5, 5.41) is 3.98. The first kappa shape index (κ1) is 15.2. The number of hydrogen-bond acceptors (Lipinski definition) is 3. The molecule has 1 aliphatic heterocycles. The Morgan fingerprint density at radius 1 is 1.18 bits per heavy atom. The second-order valence-corrected chi connectivity index (χ2v) is 5.95. The molecule has 1 aromatic heterocycles. The molecule has 1 saturated heterocycles. The summed E-state index contributed by atoms with van der Waals surface area (Å²) >= 11 is 0. The van der Waals surface area contributed by atoms with Gasteiger partial charge in [-0.25, -0.2) is 8.78 Å². The summed E-state index contributed by atoms with van der Waals surface area (Å²) in [5.74, 6) is -0.733. The molecule has 0 bridgehead atoms. The lowest BCUT2D eigenvalue weighted by Crippen LogP contribution is -2.28. The number of aryl methyl sites for hydroxylation is 1. The van der Waals surface area contributed by atoms with E-state index >= 15 is 0 Å². The Morgan fingerprint density at radius 2 is 2.05 bits per heavy atom. The van der Waals surface area contributed by atoms with Gasteiger partial charge in [0.25, 0.3) is 0 Å². The molecule has 3 rings (SSSR count). The zero-order valence-electron chi connectivity index (χ0n) is 12.7. The molecule has 3 nitrogen and oxygen atoms in total. The van der Waals surface area contributed by atoms with E-state index in [0.717, 1.165) is 42.8 Å². The van der Waals surface area contributed by atoms with Crippen molar-refractivity contribution in [3.8, 4) is 0 Å². The Balaban J connectivity index is 1.82. The van der Waals surface area contributed by atoms with Crippen LogP contribution in [-0.4, -0.2) is 16.6 Å². The third kappa shape index (κ3) is 3.35. The van der Waals surface area contributed by atoms with Gasteiger partial charge in [0.15, 0.2) is 17.4 Å². The van der Waals surface area contributed by atoms with E-state index in [1.165, 1.54) is 18.6 Å². The summed E-state index contributed by atoms with van der Waals surface area (Å²) in [6.45, 7) is 3.41. The van der Waals surface area contributed by atoms with Crippen LogP contribution >= 0.6 is 0 Å². The molecule has 2 heterocycles. The Labute approximate surface area is 128 Å². The first-order chi connectivity index (χ1) is 10.6. The highest BCUT2D eigenvalue weighted by molar-refractivity contribution is 5.18. The van der Waals surface area contributed by atoms with Gasteiger partial charge in [-0.15, -0.1) is 0 Å². The molecule has 1 fully saturated rings. The van der Waals surface area contributed by atoms with Gasteiger partial charge in [-0.05, 0) is 44.0 Å². The molecule has 118 valence electrons. The molecule has 1 aromatic carbocycles. The number of likely N-dealkylation sites (tertiary alicyclic amines) is 1. The van der Waals surface area contributed by atoms with Crippen molar-refractivity contribution in [2.24, 2.45) is 0 Å². The quantitative estimate of drug-likeness (QED) is 0.843. The lowest BCUT2D eigenvalue weighted by Gasteiger charge is -2.28. The number of hydrogen-bond donors (Lipinski definition) is 0. The summed E-state index contributed by atoms with van der Waals surface area (Å²) < 4.78 is 31.9. The van der Waals surface area contributed by atoms with Crippen LogP contribution in [0.1, 0.15) is 48.7 Å². The van der Waals surface area contributed by atoms with Gasteiger partial charge in [0, 0.05) is 12.6 Å². The van der Waals surface area contributed by atoms with E-state index in [9.17, 15) is 8.78 Å². The van der Waals surface area contributed by atoms with Crippen molar-refractivity contribution in [1.29, 1.82) is 0 Å². The van der Waals surface area contributed by atoms with Crippen molar-refractivity contribution < 1.29 is 13.3 Å². The minimum absolute atomic E-state index is 0.150. The van der Waals surface area contributed by atoms with Crippen LogP contribution in [0.3, 0.4) is 0 Å². The fourth-order valence-electron chi connectivity index (χ4n) is 3.09. The predicted octanol–water partition coefficient (Wildman–Crippen LogP) is 4.38. The molecule has 5 heteroatoms. The third-order valence-electron chi connectivity index (χ3n) is 4.21. The molecule has 1 atom stereocenters. The highest BCUT2D eigenvalue weighted by Gasteiger charge is 2.26. The summed E-state index contributed by atoms with van der Waals surface area (Å²) in [6, 6.07) is 6.23. The molecule has 22 heavy (non-hydrogen) atoms. The molecule has 2 aromatic rings. The Kier molecular flexibility index (Phi) is 4.52. The largest absolute Gasteiger partial charge is 0.359 e. The van der Waals surface area contributed by atoms with Crippen LogP contribution in [0, 0.1) is 18.6 Å². The van der Waals surface area contributed by atoms with Gasteiger partial charge in [-0.3, -0.25) is 4.90 Å². The van der Waals surface area contributed by atoms with Crippen LogP contribution in [0.2, 0.25) is 0 Å². The summed E-state index contributed by atoms with van der Waals surface area (Å²) in [5.41, 5.74) is 1.65. The third-order valence-corrected chi connectivity index (χ3v) is 4.21. The van der Waals surface area contributed by atoms with Crippen molar-refractivity contribution >= 4 is 0 Å². The summed E-state index contributed by atoms with van der Waals surface area (Å²) in [4.78, 5) is 2.28. The average molecular weight is 306 g/mol. The highest BCUT2D eigenvalue weighted by atomic mass is 19.2. The number of nitrogens with zero attached hydrogens (tertiary/aromatic N) is 2. The van der Waals surface area contributed by atoms with Crippen molar-refractivity contribution in [3.05, 3.63) is 52.9 Å². The van der Waals surface area contributed by atoms with Gasteiger partial charge >= 0.3 is 0 Å². The maximum Gasteiger partial charge on any atom is 0.159 e. The number of aromatic nitrogens is 1. The first-order valence-corrected chi connectivity index (χ1v) is 7.74. The minimum atomic E-state index is -0.804. The SMILES string of the molecule is Cc1cc([C@H]2CCCCCN2Cc2ccc(F)c(F)c2)on1. The van der Waals surface area contributed by atoms with Crippen LogP contribution in [0.5, 0.6) is 0 Å². The van der Waals surface area contributed by atoms with E-state index in [2.05, 4.69) is 10.1 Å². The lowest BCUT2D eigenvalue weighted by molar-refractivity contribution is 0.160. The van der Waals surface area contributed by atoms with Crippen molar-refractivity contribution in [2.75, 3.05) is 6.54 Å². The van der Waals surface area contributed by atoms with Crippen LogP contribution in [0.4, 0.5) is 8.78 Å². The number of benzene rings is 1. The maximum atomic E-state index is 13.4. The second-order valence-electron chi connectivity index (χ2n) is 5.95. The molecule has 0 spiro atoms. The Bertz CT molecular complexity index is 641. The van der Waals surface area contributed by atoms with Crippen molar-refractivity contribution in [1.82, 2.24) is 10.1 Å². The van der Waals surface area contributed by atoms with E-state index in [0.29, 0.717) is 6.54 Å². The van der Waals surface area contributed by atoms with Gasteiger partial charge in [0.2, 0.25) is 0 Å². The Morgan fingerprint density at radius 3 is 2.77 bits per heavy atom. The molecular weight excluding hydrogens is 286 g/mol. The smallest absolute Gasteiger partial charge is 0.159 e. The van der Waals surface area contributed by atoms with Gasteiger partial charge in [0.05, 0.1) is 11.7 Å². The molecule has 0 amide bonds.